The molecule has 0 saturated heterocycles. The maximum absolute atomic E-state index is 5.84. The van der Waals surface area contributed by atoms with Gasteiger partial charge in [-0.3, -0.25) is 0 Å². The van der Waals surface area contributed by atoms with Gasteiger partial charge in [-0.25, -0.2) is 9.97 Å². The third kappa shape index (κ3) is 3.08. The largest absolute Gasteiger partial charge is 0.383 e. The van der Waals surface area contributed by atoms with Crippen molar-refractivity contribution in [2.45, 2.75) is 34.1 Å². The average Bonchev–Trinajstić information content (AvgIpc) is 2.19. The molecule has 0 fully saturated rings. The van der Waals surface area contributed by atoms with Crippen molar-refractivity contribution in [1.29, 1.82) is 0 Å². The first-order valence-electron chi connectivity index (χ1n) is 5.73. The fourth-order valence-electron chi connectivity index (χ4n) is 1.56. The summed E-state index contributed by atoms with van der Waals surface area (Å²) in [6.07, 6.45) is 1.15. The molecule has 2 N–H and O–H groups in total. The van der Waals surface area contributed by atoms with Crippen molar-refractivity contribution in [2.24, 2.45) is 5.92 Å². The Bertz CT molecular complexity index is 360. The Balaban J connectivity index is 2.86. The SMILES string of the molecule is Cc1nc(N)c(C)c(N(C)CCC(C)C)n1. The summed E-state index contributed by atoms with van der Waals surface area (Å²) in [6, 6.07) is 0. The van der Waals surface area contributed by atoms with E-state index in [0.29, 0.717) is 11.7 Å². The van der Waals surface area contributed by atoms with E-state index in [-0.39, 0.29) is 0 Å². The van der Waals surface area contributed by atoms with Crippen LogP contribution >= 0.6 is 0 Å². The molecule has 0 amide bonds. The van der Waals surface area contributed by atoms with E-state index in [1.807, 2.05) is 13.8 Å². The number of nitrogens with zero attached hydrogens (tertiary/aromatic N) is 3. The highest BCUT2D eigenvalue weighted by atomic mass is 15.2. The van der Waals surface area contributed by atoms with E-state index in [0.717, 1.165) is 30.2 Å². The minimum atomic E-state index is 0.582. The number of hydrogen-bond acceptors (Lipinski definition) is 4. The van der Waals surface area contributed by atoms with E-state index in [2.05, 4.69) is 35.8 Å². The average molecular weight is 222 g/mol. The van der Waals surface area contributed by atoms with E-state index < -0.39 is 0 Å². The Morgan fingerprint density at radius 2 is 1.88 bits per heavy atom. The lowest BCUT2D eigenvalue weighted by molar-refractivity contribution is 0.583. The first-order valence-corrected chi connectivity index (χ1v) is 5.73. The zero-order valence-corrected chi connectivity index (χ0v) is 10.9. The van der Waals surface area contributed by atoms with Crippen molar-refractivity contribution in [2.75, 3.05) is 24.2 Å². The Morgan fingerprint density at radius 3 is 2.44 bits per heavy atom. The zero-order chi connectivity index (χ0) is 12.3. The molecule has 0 radical (unpaired) electrons. The van der Waals surface area contributed by atoms with Gasteiger partial charge < -0.3 is 10.6 Å². The first kappa shape index (κ1) is 12.7. The molecule has 0 aliphatic carbocycles. The van der Waals surface area contributed by atoms with Gasteiger partial charge in [0.05, 0.1) is 0 Å². The predicted octanol–water partition coefficient (Wildman–Crippen LogP) is 2.16. The van der Waals surface area contributed by atoms with Crippen LogP contribution in [0.25, 0.3) is 0 Å². The monoisotopic (exact) mass is 222 g/mol. The lowest BCUT2D eigenvalue weighted by Gasteiger charge is -2.21. The number of anilines is 2. The highest BCUT2D eigenvalue weighted by Crippen LogP contribution is 2.20. The smallest absolute Gasteiger partial charge is 0.137 e. The minimum Gasteiger partial charge on any atom is -0.383 e. The van der Waals surface area contributed by atoms with Gasteiger partial charge in [-0.2, -0.15) is 0 Å². The molecule has 1 aromatic rings. The summed E-state index contributed by atoms with van der Waals surface area (Å²) in [4.78, 5) is 10.8. The van der Waals surface area contributed by atoms with Crippen molar-refractivity contribution in [3.8, 4) is 0 Å². The van der Waals surface area contributed by atoms with Gasteiger partial charge in [0, 0.05) is 19.2 Å². The summed E-state index contributed by atoms with van der Waals surface area (Å²) in [6.45, 7) is 9.28. The van der Waals surface area contributed by atoms with Crippen molar-refractivity contribution < 1.29 is 0 Å². The van der Waals surface area contributed by atoms with Gasteiger partial charge in [0.15, 0.2) is 0 Å². The summed E-state index contributed by atoms with van der Waals surface area (Å²) in [5.41, 5.74) is 6.81. The van der Waals surface area contributed by atoms with Crippen LogP contribution in [0.2, 0.25) is 0 Å². The zero-order valence-electron chi connectivity index (χ0n) is 10.9. The van der Waals surface area contributed by atoms with Gasteiger partial charge >= 0.3 is 0 Å². The molecule has 1 rings (SSSR count). The standard InChI is InChI=1S/C12H22N4/c1-8(2)6-7-16(5)12-9(3)11(13)14-10(4)15-12/h8H,6-7H2,1-5H3,(H2,13,14,15). The highest BCUT2D eigenvalue weighted by molar-refractivity contribution is 5.55. The van der Waals surface area contributed by atoms with Crippen LogP contribution in [0.15, 0.2) is 0 Å². The van der Waals surface area contributed by atoms with Crippen LogP contribution in [0, 0.1) is 19.8 Å². The molecular weight excluding hydrogens is 200 g/mol. The molecule has 4 heteroatoms. The molecule has 0 spiro atoms. The lowest BCUT2D eigenvalue weighted by Crippen LogP contribution is -2.23. The fraction of sp³-hybridized carbons (Fsp3) is 0.667. The first-order chi connectivity index (χ1) is 7.41. The molecule has 1 aromatic heterocycles. The molecule has 90 valence electrons. The minimum absolute atomic E-state index is 0.582. The van der Waals surface area contributed by atoms with Crippen LogP contribution in [0.3, 0.4) is 0 Å². The Morgan fingerprint density at radius 1 is 1.25 bits per heavy atom. The topological polar surface area (TPSA) is 55.0 Å². The summed E-state index contributed by atoms with van der Waals surface area (Å²) in [5, 5.41) is 0. The summed E-state index contributed by atoms with van der Waals surface area (Å²) >= 11 is 0. The van der Waals surface area contributed by atoms with Gasteiger partial charge in [-0.05, 0) is 26.2 Å². The number of hydrogen-bond donors (Lipinski definition) is 1. The van der Waals surface area contributed by atoms with Gasteiger partial charge in [-0.1, -0.05) is 13.8 Å². The third-order valence-electron chi connectivity index (χ3n) is 2.67. The van der Waals surface area contributed by atoms with Crippen molar-refractivity contribution in [1.82, 2.24) is 9.97 Å². The second-order valence-electron chi connectivity index (χ2n) is 4.71. The molecule has 0 saturated carbocycles. The van der Waals surface area contributed by atoms with Gasteiger partial charge in [0.2, 0.25) is 0 Å². The van der Waals surface area contributed by atoms with E-state index in [4.69, 9.17) is 5.73 Å². The third-order valence-corrected chi connectivity index (χ3v) is 2.67. The molecule has 16 heavy (non-hydrogen) atoms. The molecule has 0 atom stereocenters. The van der Waals surface area contributed by atoms with Gasteiger partial charge in [0.25, 0.3) is 0 Å². The van der Waals surface area contributed by atoms with E-state index >= 15 is 0 Å². The predicted molar refractivity (Wildman–Crippen MR) is 68.6 cm³/mol. The summed E-state index contributed by atoms with van der Waals surface area (Å²) < 4.78 is 0. The molecule has 1 heterocycles. The fourth-order valence-corrected chi connectivity index (χ4v) is 1.56. The highest BCUT2D eigenvalue weighted by Gasteiger charge is 2.11. The number of aryl methyl sites for hydroxylation is 1. The van der Waals surface area contributed by atoms with Gasteiger partial charge in [-0.15, -0.1) is 0 Å². The van der Waals surface area contributed by atoms with Gasteiger partial charge in [0.1, 0.15) is 17.5 Å². The molecule has 0 unspecified atom stereocenters. The molecular formula is C12H22N4. The van der Waals surface area contributed by atoms with E-state index in [1.54, 1.807) is 0 Å². The van der Waals surface area contributed by atoms with Crippen LogP contribution in [0.1, 0.15) is 31.7 Å². The summed E-state index contributed by atoms with van der Waals surface area (Å²) in [7, 11) is 2.05. The quantitative estimate of drug-likeness (QED) is 0.848. The summed E-state index contributed by atoms with van der Waals surface area (Å²) in [5.74, 6) is 2.96. The maximum atomic E-state index is 5.84. The Labute approximate surface area is 97.9 Å². The molecule has 0 aromatic carbocycles. The lowest BCUT2D eigenvalue weighted by atomic mass is 10.1. The maximum Gasteiger partial charge on any atom is 0.137 e. The van der Waals surface area contributed by atoms with Crippen molar-refractivity contribution in [3.63, 3.8) is 0 Å². The van der Waals surface area contributed by atoms with Crippen LogP contribution in [-0.2, 0) is 0 Å². The van der Waals surface area contributed by atoms with Crippen LogP contribution in [-0.4, -0.2) is 23.6 Å². The number of aromatic nitrogens is 2. The molecule has 0 aliphatic heterocycles. The number of rotatable bonds is 4. The Kier molecular flexibility index (Phi) is 4.10. The number of nitrogen functional groups attached to an aromatic ring is 1. The molecule has 0 bridgehead atoms. The van der Waals surface area contributed by atoms with E-state index in [9.17, 15) is 0 Å². The van der Waals surface area contributed by atoms with Crippen molar-refractivity contribution in [3.05, 3.63) is 11.4 Å². The van der Waals surface area contributed by atoms with Crippen LogP contribution in [0.4, 0.5) is 11.6 Å². The molecule has 4 nitrogen and oxygen atoms in total. The Hall–Kier alpha value is -1.32. The number of nitrogens with two attached hydrogens (primary N) is 1. The van der Waals surface area contributed by atoms with Crippen LogP contribution < -0.4 is 10.6 Å². The van der Waals surface area contributed by atoms with Crippen molar-refractivity contribution >= 4 is 11.6 Å². The van der Waals surface area contributed by atoms with E-state index in [1.165, 1.54) is 0 Å². The second-order valence-corrected chi connectivity index (χ2v) is 4.71. The normalized spacial score (nSPS) is 10.9. The molecule has 0 aliphatic rings. The van der Waals surface area contributed by atoms with Crippen LogP contribution in [0.5, 0.6) is 0 Å². The second kappa shape index (κ2) is 5.14.